The number of H-pyrrole nitrogens is 1. The van der Waals surface area contributed by atoms with E-state index in [-0.39, 0.29) is 16.7 Å². The lowest BCUT2D eigenvalue weighted by molar-refractivity contribution is -0.107. The largest absolute Gasteiger partial charge is 0.465 e. The molecule has 0 bridgehead atoms. The number of ether oxygens (including phenoxy) is 1. The number of benzene rings is 1. The Morgan fingerprint density at radius 2 is 2.20 bits per heavy atom. The monoisotopic (exact) mass is 362 g/mol. The number of anilines is 2. The molecule has 2 rings (SSSR count). The van der Waals surface area contributed by atoms with Crippen LogP contribution in [-0.4, -0.2) is 34.6 Å². The first-order valence-corrected chi connectivity index (χ1v) is 8.27. The molecule has 9 heteroatoms. The summed E-state index contributed by atoms with van der Waals surface area (Å²) in [5.41, 5.74) is 12.0. The standard InChI is InChI=1S/C16H18N4O4S/c1-24-15(23)10-4-2-3-9(7-10)5-6-11(8-21)25-12-13(17)19-16(18)20-14(12)22/h2-4,7-8,11H,5-6H2,1H3,(H5,17,18,19,20,22). The third-order valence-electron chi connectivity index (χ3n) is 3.41. The Balaban J connectivity index is 2.07. The van der Waals surface area contributed by atoms with Crippen molar-refractivity contribution in [2.75, 3.05) is 18.6 Å². The minimum absolute atomic E-state index is 0.00853. The van der Waals surface area contributed by atoms with Crippen molar-refractivity contribution in [2.45, 2.75) is 23.0 Å². The van der Waals surface area contributed by atoms with E-state index in [0.717, 1.165) is 23.6 Å². The molecular formula is C16H18N4O4S. The molecule has 2 aromatic rings. The zero-order chi connectivity index (χ0) is 18.4. The Labute approximate surface area is 148 Å². The third-order valence-corrected chi connectivity index (χ3v) is 4.69. The molecular weight excluding hydrogens is 344 g/mol. The molecule has 0 saturated heterocycles. The first kappa shape index (κ1) is 18.5. The minimum atomic E-state index is -0.490. The van der Waals surface area contributed by atoms with Crippen molar-refractivity contribution in [1.82, 2.24) is 9.97 Å². The number of rotatable bonds is 7. The van der Waals surface area contributed by atoms with Crippen LogP contribution < -0.4 is 17.0 Å². The molecule has 0 amide bonds. The van der Waals surface area contributed by atoms with Gasteiger partial charge < -0.3 is 21.0 Å². The van der Waals surface area contributed by atoms with Gasteiger partial charge in [0, 0.05) is 0 Å². The predicted molar refractivity (Wildman–Crippen MR) is 95.5 cm³/mol. The topological polar surface area (TPSA) is 141 Å². The van der Waals surface area contributed by atoms with Crippen molar-refractivity contribution < 1.29 is 14.3 Å². The molecule has 0 aliphatic heterocycles. The maximum atomic E-state index is 11.9. The molecule has 1 aromatic carbocycles. The number of hydrogen-bond donors (Lipinski definition) is 3. The molecule has 25 heavy (non-hydrogen) atoms. The predicted octanol–water partition coefficient (Wildman–Crippen LogP) is 1.01. The van der Waals surface area contributed by atoms with Crippen molar-refractivity contribution in [3.63, 3.8) is 0 Å². The molecule has 1 unspecified atom stereocenters. The van der Waals surface area contributed by atoms with Crippen molar-refractivity contribution in [2.24, 2.45) is 0 Å². The summed E-state index contributed by atoms with van der Waals surface area (Å²) in [5, 5.41) is -0.490. The number of carbonyl (C=O) groups is 2. The van der Waals surface area contributed by atoms with Crippen LogP contribution in [0, 0.1) is 0 Å². The maximum Gasteiger partial charge on any atom is 0.337 e. The first-order valence-electron chi connectivity index (χ1n) is 7.39. The van der Waals surface area contributed by atoms with Crippen molar-refractivity contribution >= 4 is 35.8 Å². The summed E-state index contributed by atoms with van der Waals surface area (Å²) in [5.74, 6) is -0.504. The smallest absolute Gasteiger partial charge is 0.337 e. The minimum Gasteiger partial charge on any atom is -0.465 e. The van der Waals surface area contributed by atoms with Gasteiger partial charge in [0.1, 0.15) is 17.0 Å². The Kier molecular flexibility index (Phi) is 6.18. The summed E-state index contributed by atoms with van der Waals surface area (Å²) in [7, 11) is 1.32. The number of aryl methyl sites for hydroxylation is 1. The van der Waals surface area contributed by atoms with E-state index in [1.165, 1.54) is 7.11 Å². The number of nitrogen functional groups attached to an aromatic ring is 2. The molecule has 0 saturated carbocycles. The van der Waals surface area contributed by atoms with E-state index in [9.17, 15) is 14.4 Å². The second-order valence-corrected chi connectivity index (χ2v) is 6.44. The summed E-state index contributed by atoms with van der Waals surface area (Å²) in [4.78, 5) is 41.1. The van der Waals surface area contributed by atoms with E-state index < -0.39 is 16.8 Å². The van der Waals surface area contributed by atoms with E-state index >= 15 is 0 Å². The molecule has 0 spiro atoms. The van der Waals surface area contributed by atoms with Gasteiger partial charge in [-0.1, -0.05) is 12.1 Å². The highest BCUT2D eigenvalue weighted by molar-refractivity contribution is 8.00. The first-order chi connectivity index (χ1) is 11.9. The van der Waals surface area contributed by atoms with Gasteiger partial charge in [0.25, 0.3) is 5.56 Å². The van der Waals surface area contributed by atoms with Crippen molar-refractivity contribution in [3.05, 3.63) is 45.7 Å². The zero-order valence-electron chi connectivity index (χ0n) is 13.5. The normalized spacial score (nSPS) is 11.7. The van der Waals surface area contributed by atoms with Gasteiger partial charge in [0.05, 0.1) is 17.9 Å². The molecule has 1 aromatic heterocycles. The number of carbonyl (C=O) groups excluding carboxylic acids is 2. The molecule has 0 aliphatic rings. The van der Waals surface area contributed by atoms with E-state index in [1.54, 1.807) is 18.2 Å². The van der Waals surface area contributed by atoms with E-state index in [2.05, 4.69) is 14.7 Å². The van der Waals surface area contributed by atoms with E-state index in [0.29, 0.717) is 18.4 Å². The van der Waals surface area contributed by atoms with Gasteiger partial charge in [-0.2, -0.15) is 4.98 Å². The van der Waals surface area contributed by atoms with E-state index in [4.69, 9.17) is 11.5 Å². The van der Waals surface area contributed by atoms with Crippen LogP contribution in [0.2, 0.25) is 0 Å². The summed E-state index contributed by atoms with van der Waals surface area (Å²) in [6.45, 7) is 0. The summed E-state index contributed by atoms with van der Waals surface area (Å²) in [6, 6.07) is 6.97. The SMILES string of the molecule is COC(=O)c1cccc(CCC(C=O)Sc2c(N)nc(N)[nH]c2=O)c1. The van der Waals surface area contributed by atoms with Crippen LogP contribution in [0.1, 0.15) is 22.3 Å². The Morgan fingerprint density at radius 3 is 2.84 bits per heavy atom. The van der Waals surface area contributed by atoms with Gasteiger partial charge in [-0.3, -0.25) is 9.78 Å². The number of aldehydes is 1. The van der Waals surface area contributed by atoms with E-state index in [1.807, 2.05) is 6.07 Å². The fraction of sp³-hybridized carbons (Fsp3) is 0.250. The van der Waals surface area contributed by atoms with Crippen LogP contribution >= 0.6 is 11.8 Å². The molecule has 5 N–H and O–H groups in total. The summed E-state index contributed by atoms with van der Waals surface area (Å²) in [6.07, 6.45) is 1.76. The van der Waals surface area contributed by atoms with Gasteiger partial charge in [0.15, 0.2) is 0 Å². The van der Waals surface area contributed by atoms with Crippen LogP contribution in [0.4, 0.5) is 11.8 Å². The lowest BCUT2D eigenvalue weighted by atomic mass is 10.1. The number of nitrogens with two attached hydrogens (primary N) is 2. The number of nitrogens with one attached hydrogen (secondary N) is 1. The number of aromatic amines is 1. The molecule has 0 fully saturated rings. The number of methoxy groups -OCH3 is 1. The molecule has 8 nitrogen and oxygen atoms in total. The molecule has 0 radical (unpaired) electrons. The van der Waals surface area contributed by atoms with Crippen molar-refractivity contribution in [1.29, 1.82) is 0 Å². The Morgan fingerprint density at radius 1 is 1.44 bits per heavy atom. The summed E-state index contributed by atoms with van der Waals surface area (Å²) < 4.78 is 4.68. The Hall–Kier alpha value is -2.81. The number of thioether (sulfide) groups is 1. The van der Waals surface area contributed by atoms with Crippen LogP contribution in [0.5, 0.6) is 0 Å². The maximum absolute atomic E-state index is 11.9. The van der Waals surface area contributed by atoms with Gasteiger partial charge >= 0.3 is 5.97 Å². The highest BCUT2D eigenvalue weighted by Gasteiger charge is 2.16. The number of aromatic nitrogens is 2. The number of nitrogens with zero attached hydrogens (tertiary/aromatic N) is 1. The summed E-state index contributed by atoms with van der Waals surface area (Å²) >= 11 is 1.04. The quantitative estimate of drug-likeness (QED) is 0.376. The lowest BCUT2D eigenvalue weighted by Crippen LogP contribution is -2.18. The number of esters is 1. The molecule has 132 valence electrons. The second-order valence-electron chi connectivity index (χ2n) is 5.19. The number of hydrogen-bond acceptors (Lipinski definition) is 8. The molecule has 1 heterocycles. The van der Waals surface area contributed by atoms with Crippen LogP contribution in [-0.2, 0) is 16.0 Å². The van der Waals surface area contributed by atoms with Crippen LogP contribution in [0.15, 0.2) is 34.0 Å². The molecule has 0 aliphatic carbocycles. The third kappa shape index (κ3) is 4.83. The van der Waals surface area contributed by atoms with Crippen LogP contribution in [0.25, 0.3) is 0 Å². The average Bonchev–Trinajstić information content (AvgIpc) is 2.60. The average molecular weight is 362 g/mol. The Bertz CT molecular complexity index is 837. The second kappa shape index (κ2) is 8.34. The van der Waals surface area contributed by atoms with Gasteiger partial charge in [-0.15, -0.1) is 11.8 Å². The zero-order valence-corrected chi connectivity index (χ0v) is 14.3. The lowest BCUT2D eigenvalue weighted by Gasteiger charge is -2.11. The fourth-order valence-electron chi connectivity index (χ4n) is 2.20. The highest BCUT2D eigenvalue weighted by atomic mass is 32.2. The van der Waals surface area contributed by atoms with Crippen LogP contribution in [0.3, 0.4) is 0 Å². The van der Waals surface area contributed by atoms with Gasteiger partial charge in [-0.25, -0.2) is 4.79 Å². The fourth-order valence-corrected chi connectivity index (χ4v) is 3.12. The molecule has 1 atom stereocenters. The van der Waals surface area contributed by atoms with Gasteiger partial charge in [-0.05, 0) is 30.5 Å². The highest BCUT2D eigenvalue weighted by Crippen LogP contribution is 2.26. The van der Waals surface area contributed by atoms with Crippen molar-refractivity contribution in [3.8, 4) is 0 Å². The van der Waals surface area contributed by atoms with Gasteiger partial charge in [0.2, 0.25) is 5.95 Å².